The molecule has 1 aliphatic rings. The molecule has 1 aromatic carbocycles. The van der Waals surface area contributed by atoms with Gasteiger partial charge in [-0.2, -0.15) is 0 Å². The fourth-order valence-corrected chi connectivity index (χ4v) is 3.04. The molecule has 1 atom stereocenters. The van der Waals surface area contributed by atoms with Crippen LogP contribution in [0.2, 0.25) is 0 Å². The van der Waals surface area contributed by atoms with E-state index in [4.69, 9.17) is 0 Å². The predicted molar refractivity (Wildman–Crippen MR) is 71.3 cm³/mol. The quantitative estimate of drug-likeness (QED) is 0.757. The van der Waals surface area contributed by atoms with E-state index in [0.29, 0.717) is 6.54 Å². The van der Waals surface area contributed by atoms with Crippen molar-refractivity contribution < 1.29 is 0 Å². The largest absolute Gasteiger partial charge is 0.304 e. The van der Waals surface area contributed by atoms with Crippen LogP contribution in [0, 0.1) is 0 Å². The Morgan fingerprint density at radius 1 is 1.20 bits per heavy atom. The zero-order valence-electron chi connectivity index (χ0n) is 10.3. The highest BCUT2D eigenvalue weighted by Gasteiger charge is 2.27. The van der Waals surface area contributed by atoms with Gasteiger partial charge in [-0.25, -0.2) is 9.36 Å². The average Bonchev–Trinajstić information content (AvgIpc) is 3.19. The van der Waals surface area contributed by atoms with Gasteiger partial charge in [-0.05, 0) is 16.0 Å². The van der Waals surface area contributed by atoms with Crippen molar-refractivity contribution in [3.63, 3.8) is 0 Å². The van der Waals surface area contributed by atoms with Crippen LogP contribution in [-0.2, 0) is 6.54 Å². The topological polar surface area (TPSA) is 86.3 Å². The van der Waals surface area contributed by atoms with Crippen molar-refractivity contribution in [1.82, 2.24) is 35.1 Å². The van der Waals surface area contributed by atoms with Crippen LogP contribution in [0.15, 0.2) is 41.8 Å². The summed E-state index contributed by atoms with van der Waals surface area (Å²) in [5.74, 6) is 0.776. The van der Waals surface area contributed by atoms with Gasteiger partial charge in [-0.1, -0.05) is 42.1 Å². The fraction of sp³-hybridized carbons (Fsp3) is 0.182. The highest BCUT2D eigenvalue weighted by Crippen LogP contribution is 2.38. The van der Waals surface area contributed by atoms with Gasteiger partial charge in [0.25, 0.3) is 0 Å². The fourth-order valence-electron chi connectivity index (χ4n) is 2.03. The van der Waals surface area contributed by atoms with Crippen molar-refractivity contribution in [2.45, 2.75) is 17.1 Å². The number of nitrogens with one attached hydrogen (secondary N) is 1. The van der Waals surface area contributed by atoms with E-state index < -0.39 is 0 Å². The SMILES string of the molecule is c1ccc(C2Nn3c(Cn4cnnn4)nnc3S2)cc1. The number of hydrogen-bond acceptors (Lipinski definition) is 7. The third kappa shape index (κ3) is 1.92. The van der Waals surface area contributed by atoms with E-state index in [1.165, 1.54) is 5.56 Å². The van der Waals surface area contributed by atoms with E-state index in [2.05, 4.69) is 43.3 Å². The highest BCUT2D eigenvalue weighted by molar-refractivity contribution is 7.99. The van der Waals surface area contributed by atoms with E-state index in [-0.39, 0.29) is 5.37 Å². The Kier molecular flexibility index (Phi) is 2.62. The molecule has 100 valence electrons. The zero-order chi connectivity index (χ0) is 13.4. The summed E-state index contributed by atoms with van der Waals surface area (Å²) >= 11 is 1.64. The van der Waals surface area contributed by atoms with Crippen LogP contribution in [0.4, 0.5) is 0 Å². The minimum absolute atomic E-state index is 0.148. The van der Waals surface area contributed by atoms with Crippen molar-refractivity contribution in [1.29, 1.82) is 0 Å². The average molecular weight is 286 g/mol. The second-order valence-electron chi connectivity index (χ2n) is 4.28. The molecule has 2 aromatic heterocycles. The summed E-state index contributed by atoms with van der Waals surface area (Å²) in [4.78, 5) is 0. The molecule has 9 heteroatoms. The van der Waals surface area contributed by atoms with Crippen molar-refractivity contribution in [2.24, 2.45) is 0 Å². The molecule has 0 saturated carbocycles. The lowest BCUT2D eigenvalue weighted by molar-refractivity contribution is 0.598. The molecule has 1 unspecified atom stereocenters. The van der Waals surface area contributed by atoms with Crippen LogP contribution in [0.5, 0.6) is 0 Å². The van der Waals surface area contributed by atoms with Crippen molar-refractivity contribution in [3.8, 4) is 0 Å². The van der Waals surface area contributed by atoms with Gasteiger partial charge in [0.2, 0.25) is 5.16 Å². The van der Waals surface area contributed by atoms with Gasteiger partial charge in [0.1, 0.15) is 18.2 Å². The summed E-state index contributed by atoms with van der Waals surface area (Å²) in [5.41, 5.74) is 4.59. The Hall–Kier alpha value is -2.42. The molecule has 3 heterocycles. The number of fused-ring (bicyclic) bond motifs is 1. The summed E-state index contributed by atoms with van der Waals surface area (Å²) < 4.78 is 3.50. The normalized spacial score (nSPS) is 16.9. The number of benzene rings is 1. The third-order valence-electron chi connectivity index (χ3n) is 2.97. The summed E-state index contributed by atoms with van der Waals surface area (Å²) in [7, 11) is 0. The Morgan fingerprint density at radius 2 is 2.10 bits per heavy atom. The van der Waals surface area contributed by atoms with E-state index in [1.807, 2.05) is 22.9 Å². The second kappa shape index (κ2) is 4.60. The van der Waals surface area contributed by atoms with Crippen LogP contribution in [-0.4, -0.2) is 35.1 Å². The van der Waals surface area contributed by atoms with Crippen LogP contribution in [0.25, 0.3) is 0 Å². The maximum atomic E-state index is 4.18. The van der Waals surface area contributed by atoms with Crippen molar-refractivity contribution in [3.05, 3.63) is 48.0 Å². The first-order valence-electron chi connectivity index (χ1n) is 6.03. The molecule has 3 aromatic rings. The number of rotatable bonds is 3. The summed E-state index contributed by atoms with van der Waals surface area (Å²) in [6.07, 6.45) is 1.55. The molecule has 0 aliphatic carbocycles. The van der Waals surface area contributed by atoms with Crippen molar-refractivity contribution >= 4 is 11.8 Å². The molecular formula is C11H10N8S. The van der Waals surface area contributed by atoms with Gasteiger partial charge < -0.3 is 5.43 Å². The van der Waals surface area contributed by atoms with Gasteiger partial charge in [0.15, 0.2) is 5.82 Å². The minimum atomic E-state index is 0.148. The number of aromatic nitrogens is 7. The Labute approximate surface area is 118 Å². The maximum Gasteiger partial charge on any atom is 0.212 e. The molecule has 0 radical (unpaired) electrons. The van der Waals surface area contributed by atoms with Crippen LogP contribution < -0.4 is 5.43 Å². The summed E-state index contributed by atoms with van der Waals surface area (Å²) in [6.45, 7) is 0.481. The molecule has 4 rings (SSSR count). The first-order valence-corrected chi connectivity index (χ1v) is 6.91. The first kappa shape index (κ1) is 11.4. The smallest absolute Gasteiger partial charge is 0.212 e. The lowest BCUT2D eigenvalue weighted by Crippen LogP contribution is -2.17. The maximum absolute atomic E-state index is 4.18. The molecule has 8 nitrogen and oxygen atoms in total. The van der Waals surface area contributed by atoms with E-state index in [1.54, 1.807) is 22.8 Å². The van der Waals surface area contributed by atoms with E-state index in [0.717, 1.165) is 11.0 Å². The summed E-state index contributed by atoms with van der Waals surface area (Å²) in [5, 5.41) is 20.4. The molecule has 0 saturated heterocycles. The molecule has 0 spiro atoms. The predicted octanol–water partition coefficient (Wildman–Crippen LogP) is 0.661. The van der Waals surface area contributed by atoms with Gasteiger partial charge in [0.05, 0.1) is 0 Å². The molecule has 0 fully saturated rings. The minimum Gasteiger partial charge on any atom is -0.304 e. The van der Waals surface area contributed by atoms with Crippen LogP contribution in [0.3, 0.4) is 0 Å². The van der Waals surface area contributed by atoms with Gasteiger partial charge in [0, 0.05) is 0 Å². The van der Waals surface area contributed by atoms with Crippen LogP contribution >= 0.6 is 11.8 Å². The van der Waals surface area contributed by atoms with Gasteiger partial charge >= 0.3 is 0 Å². The van der Waals surface area contributed by atoms with E-state index in [9.17, 15) is 0 Å². The number of tetrazole rings is 1. The molecule has 20 heavy (non-hydrogen) atoms. The van der Waals surface area contributed by atoms with E-state index >= 15 is 0 Å². The Bertz CT molecular complexity index is 707. The number of nitrogens with zero attached hydrogens (tertiary/aromatic N) is 7. The first-order chi connectivity index (χ1) is 9.90. The lowest BCUT2D eigenvalue weighted by atomic mass is 10.2. The standard InChI is InChI=1S/C11H10N8S/c1-2-4-8(5-3-1)10-15-19-9(13-14-11(19)20-10)6-18-7-12-16-17-18/h1-5,7,10,15H,6H2. The number of thioether (sulfide) groups is 1. The highest BCUT2D eigenvalue weighted by atomic mass is 32.2. The van der Waals surface area contributed by atoms with Gasteiger partial charge in [-0.15, -0.1) is 15.3 Å². The van der Waals surface area contributed by atoms with Gasteiger partial charge in [-0.3, -0.25) is 0 Å². The molecular weight excluding hydrogens is 276 g/mol. The molecule has 1 N–H and O–H groups in total. The Balaban J connectivity index is 1.58. The monoisotopic (exact) mass is 286 g/mol. The lowest BCUT2D eigenvalue weighted by Gasteiger charge is -2.11. The second-order valence-corrected chi connectivity index (χ2v) is 5.35. The molecule has 0 amide bonds. The Morgan fingerprint density at radius 3 is 2.90 bits per heavy atom. The number of hydrogen-bond donors (Lipinski definition) is 1. The van der Waals surface area contributed by atoms with Crippen molar-refractivity contribution in [2.75, 3.05) is 5.43 Å². The van der Waals surface area contributed by atoms with Crippen LogP contribution in [0.1, 0.15) is 16.8 Å². The molecule has 0 bridgehead atoms. The third-order valence-corrected chi connectivity index (χ3v) is 4.06. The summed E-state index contributed by atoms with van der Waals surface area (Å²) in [6, 6.07) is 10.2. The molecule has 1 aliphatic heterocycles. The zero-order valence-corrected chi connectivity index (χ0v) is 11.1.